The van der Waals surface area contributed by atoms with Crippen LogP contribution in [0, 0.1) is 31.6 Å². The molecule has 2 atom stereocenters. The van der Waals surface area contributed by atoms with Crippen molar-refractivity contribution >= 4 is 74.8 Å². The van der Waals surface area contributed by atoms with E-state index in [1.165, 1.54) is 172 Å². The molecule has 0 amide bonds. The minimum atomic E-state index is 0. The monoisotopic (exact) mass is 1140 g/mol. The SMILES string of the molecule is C1CCCCC1.C1CCCCC1.C1CCCCC1.C1CCCCC1.CC(C)(C)C1=CC[N-]C(C2CC(C(C)(C)C)CC[N-]2)=C1.S.[CH3-].[CH3-].[Pt].[SH-].[Sn].[Sn]. The van der Waals surface area contributed by atoms with Crippen LogP contribution in [0.25, 0.3) is 10.6 Å². The summed E-state index contributed by atoms with van der Waals surface area (Å²) in [5.74, 6) is 0.755. The minimum absolute atomic E-state index is 0. The fourth-order valence-electron chi connectivity index (χ4n) is 7.33. The molecule has 5 fully saturated rings. The van der Waals surface area contributed by atoms with Gasteiger partial charge < -0.3 is 39.0 Å². The maximum atomic E-state index is 4.84. The van der Waals surface area contributed by atoms with Crippen molar-refractivity contribution in [2.75, 3.05) is 13.1 Å². The zero-order valence-corrected chi connectivity index (χ0v) is 45.1. The molecular weight excluding hydrogens is 1050 g/mol. The predicted octanol–water partition coefficient (Wildman–Crippen LogP) is 14.8. The van der Waals surface area contributed by atoms with E-state index in [1.54, 1.807) is 0 Å². The second-order valence-corrected chi connectivity index (χ2v) is 16.8. The summed E-state index contributed by atoms with van der Waals surface area (Å²) in [5.41, 5.74) is 3.22. The van der Waals surface area contributed by atoms with E-state index < -0.39 is 0 Å². The molecule has 2 nitrogen and oxygen atoms in total. The van der Waals surface area contributed by atoms with Crippen LogP contribution >= 0.6 is 13.5 Å². The van der Waals surface area contributed by atoms with Crippen molar-refractivity contribution in [2.24, 2.45) is 16.7 Å². The van der Waals surface area contributed by atoms with E-state index in [0.717, 1.165) is 25.4 Å². The van der Waals surface area contributed by atoms with Crippen molar-refractivity contribution in [3.05, 3.63) is 48.9 Å². The Morgan fingerprint density at radius 2 is 0.843 bits per heavy atom. The number of hydrogen-bond acceptors (Lipinski definition) is 1. The van der Waals surface area contributed by atoms with Gasteiger partial charge in [-0.2, -0.15) is 19.2 Å². The first kappa shape index (κ1) is 65.1. The fourth-order valence-corrected chi connectivity index (χ4v) is 7.33. The molecule has 4 saturated carbocycles. The second-order valence-electron chi connectivity index (χ2n) is 16.8. The predicted molar refractivity (Wildman–Crippen MR) is 242 cm³/mol. The summed E-state index contributed by atoms with van der Waals surface area (Å²) in [6, 6.07) is 0.319. The number of nitrogens with zero attached hydrogens (tertiary/aromatic N) is 2. The molecule has 0 aromatic heterocycles. The van der Waals surface area contributed by atoms with Crippen LogP contribution in [-0.2, 0) is 34.6 Å². The number of rotatable bonds is 1. The van der Waals surface area contributed by atoms with Crippen molar-refractivity contribution in [1.29, 1.82) is 0 Å². The fraction of sp³-hybridized carbons (Fsp3) is 0.864. The molecule has 7 heteroatoms. The normalized spacial score (nSPS) is 22.5. The number of hydrogen-bond donors (Lipinski definition) is 0. The number of thiol groups is 1. The molecule has 51 heavy (non-hydrogen) atoms. The van der Waals surface area contributed by atoms with E-state index in [1.807, 2.05) is 0 Å². The topological polar surface area (TPSA) is 28.2 Å². The average molecular weight is 1140 g/mol. The molecule has 0 N–H and O–H groups in total. The molecule has 2 unspecified atom stereocenters. The third-order valence-corrected chi connectivity index (χ3v) is 10.7. The Labute approximate surface area is 385 Å². The van der Waals surface area contributed by atoms with Gasteiger partial charge in [-0.15, -0.1) is 19.1 Å². The van der Waals surface area contributed by atoms with Crippen LogP contribution in [0.2, 0.25) is 0 Å². The van der Waals surface area contributed by atoms with Crippen LogP contribution in [0.4, 0.5) is 0 Å². The molecule has 1 saturated heterocycles. The zero-order valence-electron chi connectivity index (χ0n) is 35.3. The molecule has 0 spiro atoms. The van der Waals surface area contributed by atoms with Gasteiger partial charge >= 0.3 is 0 Å². The third kappa shape index (κ3) is 34.0. The Hall–Kier alpha value is 2.23. The van der Waals surface area contributed by atoms with Crippen molar-refractivity contribution < 1.29 is 21.1 Å². The summed E-state index contributed by atoms with van der Waals surface area (Å²) in [6.07, 6.45) is 42.9. The summed E-state index contributed by atoms with van der Waals surface area (Å²) >= 11 is 0. The van der Waals surface area contributed by atoms with Crippen LogP contribution in [0.3, 0.4) is 0 Å². The maximum absolute atomic E-state index is 4.84. The van der Waals surface area contributed by atoms with Gasteiger partial charge in [-0.25, -0.2) is 0 Å². The molecule has 4 aliphatic carbocycles. The Morgan fingerprint density at radius 3 is 1.10 bits per heavy atom. The molecule has 308 valence electrons. The molecule has 0 aromatic rings. The standard InChI is InChI=1S/C18H30N2.4C6H12.2CH3.Pt.2H2S.2Sn/c1-17(2,3)13-7-9-19-15(11-13)16-12-14(8-10-20-16)18(4,5)6;4*1-2-4-6-5-3-1;;;;;;;/h7,11,14,16H,8-10,12H2,1-6H3;4*1-6H2;2*1H3;;2*1H2;;/q-2;;;;;2*-1;;;;;/p-1. The third-order valence-electron chi connectivity index (χ3n) is 10.7. The molecule has 6 aliphatic rings. The van der Waals surface area contributed by atoms with Gasteiger partial charge in [0.05, 0.1) is 0 Å². The summed E-state index contributed by atoms with van der Waals surface area (Å²) in [7, 11) is 0. The summed E-state index contributed by atoms with van der Waals surface area (Å²) in [4.78, 5) is 0. The average Bonchev–Trinajstić information content (AvgIpc) is 3.08. The van der Waals surface area contributed by atoms with Crippen LogP contribution in [-0.4, -0.2) is 66.9 Å². The molecule has 2 heterocycles. The van der Waals surface area contributed by atoms with Gasteiger partial charge in [0, 0.05) is 68.9 Å². The van der Waals surface area contributed by atoms with Crippen LogP contribution in [0.1, 0.15) is 208 Å². The Balaban J connectivity index is -0.000000136. The van der Waals surface area contributed by atoms with Gasteiger partial charge in [-0.05, 0) is 22.3 Å². The van der Waals surface area contributed by atoms with Gasteiger partial charge in [0.1, 0.15) is 0 Å². The van der Waals surface area contributed by atoms with Crippen LogP contribution in [0.5, 0.6) is 0 Å². The summed E-state index contributed by atoms with van der Waals surface area (Å²) < 4.78 is 0. The summed E-state index contributed by atoms with van der Waals surface area (Å²) in [5, 5.41) is 9.57. The van der Waals surface area contributed by atoms with Gasteiger partial charge in [-0.1, -0.05) is 221 Å². The first-order chi connectivity index (χ1) is 21.2. The Kier molecular flexibility index (Phi) is 51.6. The van der Waals surface area contributed by atoms with Gasteiger partial charge in [-0.3, -0.25) is 0 Å². The molecule has 2 aliphatic heterocycles. The summed E-state index contributed by atoms with van der Waals surface area (Å²) in [6.45, 7) is 15.7. The van der Waals surface area contributed by atoms with Crippen molar-refractivity contribution in [1.82, 2.24) is 0 Å². The largest absolute Gasteiger partial charge is 0.813 e. The molecule has 0 bridgehead atoms. The van der Waals surface area contributed by atoms with E-state index >= 15 is 0 Å². The molecule has 8 radical (unpaired) electrons. The van der Waals surface area contributed by atoms with Crippen LogP contribution in [0.15, 0.2) is 23.4 Å². The van der Waals surface area contributed by atoms with Crippen molar-refractivity contribution in [3.8, 4) is 0 Å². The van der Waals surface area contributed by atoms with E-state index in [-0.39, 0.29) is 116 Å². The van der Waals surface area contributed by atoms with Gasteiger partial charge in [0.25, 0.3) is 0 Å². The molecular formula is C44H87N2PtS2Sn2-5. The minimum Gasteiger partial charge on any atom is -0.813 e. The Morgan fingerprint density at radius 1 is 0.549 bits per heavy atom. The smallest absolute Gasteiger partial charge is 0 e. The Bertz CT molecular complexity index is 670. The quantitative estimate of drug-likeness (QED) is 0.111. The van der Waals surface area contributed by atoms with E-state index in [2.05, 4.69) is 53.7 Å². The first-order valence-corrected chi connectivity index (χ1v) is 19.9. The van der Waals surface area contributed by atoms with Crippen LogP contribution < -0.4 is 0 Å². The molecule has 6 rings (SSSR count). The molecule has 0 aromatic carbocycles. The number of allylic oxidation sites excluding steroid dienone is 2. The number of piperidine rings is 1. The zero-order chi connectivity index (χ0) is 31.9. The second kappa shape index (κ2) is 40.4. The maximum Gasteiger partial charge on any atom is 0 e. The van der Waals surface area contributed by atoms with Crippen molar-refractivity contribution in [2.45, 2.75) is 215 Å². The van der Waals surface area contributed by atoms with E-state index in [9.17, 15) is 0 Å². The van der Waals surface area contributed by atoms with Gasteiger partial charge in [0.2, 0.25) is 0 Å². The van der Waals surface area contributed by atoms with E-state index in [4.69, 9.17) is 10.6 Å². The first-order valence-electron chi connectivity index (χ1n) is 19.9. The van der Waals surface area contributed by atoms with Gasteiger partial charge in [0.15, 0.2) is 0 Å². The van der Waals surface area contributed by atoms with Crippen molar-refractivity contribution in [3.63, 3.8) is 0 Å². The van der Waals surface area contributed by atoms with E-state index in [0.29, 0.717) is 11.5 Å².